The van der Waals surface area contributed by atoms with Crippen molar-refractivity contribution in [2.75, 3.05) is 27.3 Å². The quantitative estimate of drug-likeness (QED) is 0.231. The number of rotatable bonds is 9. The molecule has 2 aromatic rings. The number of ether oxygens (including phenoxy) is 2. The second-order valence-corrected chi connectivity index (χ2v) is 10.9. The Kier molecular flexibility index (Phi) is 11.1. The maximum Gasteiger partial charge on any atom is 0.490 e. The SMILES string of the molecule is COc1cc2c(c(F)c1OC)C(=N)N(CC(=O)c1cc(CN(CC(=O)O)C(C)=O)c(O)c(C(C)(C)C)c1)C2.O=C(O)C(F)(F)F. The minimum atomic E-state index is -5.08. The third kappa shape index (κ3) is 8.61. The molecular formula is C29H33F4N3O9. The first-order valence-electron chi connectivity index (χ1n) is 13.1. The number of carboxylic acids is 2. The zero-order chi connectivity index (χ0) is 34.6. The molecule has 0 bridgehead atoms. The summed E-state index contributed by atoms with van der Waals surface area (Å²) in [5.74, 6) is -5.87. The first-order chi connectivity index (χ1) is 20.6. The average Bonchev–Trinajstić information content (AvgIpc) is 3.22. The van der Waals surface area contributed by atoms with Gasteiger partial charge in [0.15, 0.2) is 23.1 Å². The number of carbonyl (C=O) groups excluding carboxylic acids is 2. The van der Waals surface area contributed by atoms with Crippen LogP contribution < -0.4 is 9.47 Å². The van der Waals surface area contributed by atoms with Gasteiger partial charge in [0.25, 0.3) is 0 Å². The largest absolute Gasteiger partial charge is 0.507 e. The van der Waals surface area contributed by atoms with E-state index in [0.29, 0.717) is 11.1 Å². The molecule has 1 amide bonds. The second-order valence-electron chi connectivity index (χ2n) is 10.9. The minimum Gasteiger partial charge on any atom is -0.507 e. The van der Waals surface area contributed by atoms with Gasteiger partial charge in [-0.1, -0.05) is 20.8 Å². The number of amides is 1. The molecule has 1 aliphatic heterocycles. The molecule has 1 aliphatic rings. The van der Waals surface area contributed by atoms with Crippen LogP contribution in [-0.4, -0.2) is 88.1 Å². The standard InChI is InChI=1S/C27H32FN3O7.C2HF3O2/c1-14(32)30(13-21(34)35)11-17-7-15(8-18(24(17)36)27(2,3)4)19(33)12-31-10-16-9-20(37-5)25(38-6)23(28)22(16)26(31)29;3-2(4,5)1(6)7/h7-9,29,36H,10-13H2,1-6H3,(H,34,35);(H,6,7). The van der Waals surface area contributed by atoms with Crippen molar-refractivity contribution in [2.24, 2.45) is 0 Å². The third-order valence-corrected chi connectivity index (χ3v) is 6.64. The predicted molar refractivity (Wildman–Crippen MR) is 150 cm³/mol. The monoisotopic (exact) mass is 643 g/mol. The van der Waals surface area contributed by atoms with Gasteiger partial charge in [-0.2, -0.15) is 13.2 Å². The number of aromatic hydroxyl groups is 1. The highest BCUT2D eigenvalue weighted by Crippen LogP contribution is 2.39. The number of carbonyl (C=O) groups is 4. The average molecular weight is 644 g/mol. The molecule has 12 nitrogen and oxygen atoms in total. The van der Waals surface area contributed by atoms with E-state index in [2.05, 4.69) is 0 Å². The van der Waals surface area contributed by atoms with E-state index in [1.54, 1.807) is 12.1 Å². The van der Waals surface area contributed by atoms with Crippen LogP contribution in [0.3, 0.4) is 0 Å². The van der Waals surface area contributed by atoms with Crippen LogP contribution in [0.2, 0.25) is 0 Å². The maximum atomic E-state index is 15.1. The highest BCUT2D eigenvalue weighted by atomic mass is 19.4. The second kappa shape index (κ2) is 13.8. The van der Waals surface area contributed by atoms with Crippen LogP contribution in [0.4, 0.5) is 17.6 Å². The number of alkyl halides is 3. The number of nitrogens with zero attached hydrogens (tertiary/aromatic N) is 2. The van der Waals surface area contributed by atoms with Gasteiger partial charge in [-0.15, -0.1) is 0 Å². The number of Topliss-reactive ketones (excluding diaryl/α,β-unsaturated/α-hetero) is 1. The molecule has 0 saturated carbocycles. The van der Waals surface area contributed by atoms with Crippen LogP contribution in [0.15, 0.2) is 18.2 Å². The number of amidine groups is 1. The van der Waals surface area contributed by atoms with Crippen molar-refractivity contribution in [1.29, 1.82) is 5.41 Å². The van der Waals surface area contributed by atoms with Crippen LogP contribution in [0.25, 0.3) is 0 Å². The van der Waals surface area contributed by atoms with E-state index in [1.807, 2.05) is 20.8 Å². The van der Waals surface area contributed by atoms with Crippen molar-refractivity contribution >= 4 is 29.5 Å². The Labute approximate surface area is 255 Å². The number of aliphatic carboxylic acids is 2. The summed E-state index contributed by atoms with van der Waals surface area (Å²) in [7, 11) is 2.68. The first-order valence-corrected chi connectivity index (χ1v) is 13.1. The van der Waals surface area contributed by atoms with Gasteiger partial charge in [0.2, 0.25) is 5.91 Å². The summed E-state index contributed by atoms with van der Waals surface area (Å²) in [6.45, 7) is 5.82. The Morgan fingerprint density at radius 3 is 2.07 bits per heavy atom. The molecule has 0 atom stereocenters. The summed E-state index contributed by atoms with van der Waals surface area (Å²) in [5.41, 5.74) is 0.792. The van der Waals surface area contributed by atoms with Gasteiger partial charge in [0.1, 0.15) is 18.1 Å². The van der Waals surface area contributed by atoms with Crippen LogP contribution in [0.5, 0.6) is 17.2 Å². The Morgan fingerprint density at radius 2 is 1.62 bits per heavy atom. The molecule has 0 saturated heterocycles. The van der Waals surface area contributed by atoms with Crippen LogP contribution in [0.1, 0.15) is 60.3 Å². The smallest absolute Gasteiger partial charge is 0.490 e. The molecule has 16 heteroatoms. The Bertz CT molecular complexity index is 1520. The van der Waals surface area contributed by atoms with E-state index in [4.69, 9.17) is 24.8 Å². The molecule has 45 heavy (non-hydrogen) atoms. The molecule has 4 N–H and O–H groups in total. The normalized spacial score (nSPS) is 12.6. The van der Waals surface area contributed by atoms with Crippen molar-refractivity contribution in [3.05, 3.63) is 51.8 Å². The lowest BCUT2D eigenvalue weighted by atomic mass is 9.83. The lowest BCUT2D eigenvalue weighted by Crippen LogP contribution is -2.34. The fourth-order valence-corrected chi connectivity index (χ4v) is 4.42. The molecular weight excluding hydrogens is 610 g/mol. The predicted octanol–water partition coefficient (Wildman–Crippen LogP) is 3.94. The summed E-state index contributed by atoms with van der Waals surface area (Å²) < 4.78 is 57.1. The van der Waals surface area contributed by atoms with E-state index in [-0.39, 0.29) is 59.4 Å². The van der Waals surface area contributed by atoms with Gasteiger partial charge >= 0.3 is 18.1 Å². The number of methoxy groups -OCH3 is 2. The Morgan fingerprint density at radius 1 is 1.04 bits per heavy atom. The maximum absolute atomic E-state index is 15.1. The van der Waals surface area contributed by atoms with E-state index in [9.17, 15) is 37.8 Å². The number of ketones is 1. The Balaban J connectivity index is 0.000000900. The van der Waals surface area contributed by atoms with Crippen molar-refractivity contribution in [3.63, 3.8) is 0 Å². The molecule has 1 heterocycles. The number of halogens is 4. The van der Waals surface area contributed by atoms with Gasteiger partial charge in [-0.3, -0.25) is 19.8 Å². The van der Waals surface area contributed by atoms with Crippen molar-refractivity contribution in [1.82, 2.24) is 9.80 Å². The van der Waals surface area contributed by atoms with Gasteiger partial charge in [0.05, 0.1) is 26.3 Å². The van der Waals surface area contributed by atoms with Crippen LogP contribution in [-0.2, 0) is 32.9 Å². The summed E-state index contributed by atoms with van der Waals surface area (Å²) in [6, 6.07) is 4.55. The number of phenols is 1. The molecule has 0 spiro atoms. The number of hydrogen-bond acceptors (Lipinski definition) is 8. The number of fused-ring (bicyclic) bond motifs is 1. The van der Waals surface area contributed by atoms with Gasteiger partial charge in [-0.25, -0.2) is 9.18 Å². The zero-order valence-corrected chi connectivity index (χ0v) is 25.3. The van der Waals surface area contributed by atoms with Crippen molar-refractivity contribution in [3.8, 4) is 17.2 Å². The van der Waals surface area contributed by atoms with E-state index in [0.717, 1.165) is 4.90 Å². The van der Waals surface area contributed by atoms with Gasteiger partial charge < -0.3 is 34.6 Å². The molecule has 0 fully saturated rings. The molecule has 0 aromatic heterocycles. The molecule has 3 rings (SSSR count). The number of phenolic OH excluding ortho intramolecular Hbond substituents is 1. The summed E-state index contributed by atoms with van der Waals surface area (Å²) in [5, 5.41) is 35.8. The molecule has 0 aliphatic carbocycles. The molecule has 0 unspecified atom stereocenters. The fourth-order valence-electron chi connectivity index (χ4n) is 4.42. The Hall–Kier alpha value is -4.89. The summed E-state index contributed by atoms with van der Waals surface area (Å²) in [6.07, 6.45) is -5.08. The fraction of sp³-hybridized carbons (Fsp3) is 0.414. The number of benzene rings is 2. The van der Waals surface area contributed by atoms with Gasteiger partial charge in [0, 0.05) is 36.7 Å². The third-order valence-electron chi connectivity index (χ3n) is 6.64. The van der Waals surface area contributed by atoms with Crippen molar-refractivity contribution in [2.45, 2.75) is 52.4 Å². The van der Waals surface area contributed by atoms with Crippen LogP contribution >= 0.6 is 0 Å². The van der Waals surface area contributed by atoms with E-state index >= 15 is 4.39 Å². The zero-order valence-electron chi connectivity index (χ0n) is 25.3. The highest BCUT2D eigenvalue weighted by Gasteiger charge is 2.38. The molecule has 246 valence electrons. The molecule has 0 radical (unpaired) electrons. The number of nitrogens with one attached hydrogen (secondary N) is 1. The lowest BCUT2D eigenvalue weighted by Gasteiger charge is -2.26. The van der Waals surface area contributed by atoms with Crippen LogP contribution in [0, 0.1) is 11.2 Å². The van der Waals surface area contributed by atoms with Crippen molar-refractivity contribution < 1.29 is 61.5 Å². The minimum absolute atomic E-state index is 0.0306. The van der Waals surface area contributed by atoms with E-state index < -0.39 is 47.6 Å². The highest BCUT2D eigenvalue weighted by molar-refractivity contribution is 6.06. The number of carboxylic acid groups (broad SMARTS) is 2. The summed E-state index contributed by atoms with van der Waals surface area (Å²) in [4.78, 5) is 48.1. The topological polar surface area (TPSA) is 178 Å². The number of hydrogen-bond donors (Lipinski definition) is 4. The first kappa shape index (κ1) is 36.3. The van der Waals surface area contributed by atoms with Gasteiger partial charge in [-0.05, 0) is 29.2 Å². The lowest BCUT2D eigenvalue weighted by molar-refractivity contribution is -0.192. The van der Waals surface area contributed by atoms with E-state index in [1.165, 1.54) is 32.1 Å². The molecule has 2 aromatic carbocycles. The summed E-state index contributed by atoms with van der Waals surface area (Å²) >= 11 is 0.